The highest BCUT2D eigenvalue weighted by Crippen LogP contribution is 2.18. The van der Waals surface area contributed by atoms with E-state index in [2.05, 4.69) is 59.1 Å². The van der Waals surface area contributed by atoms with Crippen LogP contribution in [0.25, 0.3) is 5.52 Å². The van der Waals surface area contributed by atoms with Crippen molar-refractivity contribution >= 4 is 5.52 Å². The number of hydrogen-bond acceptors (Lipinski definition) is 2. The van der Waals surface area contributed by atoms with E-state index in [1.54, 1.807) is 0 Å². The van der Waals surface area contributed by atoms with Gasteiger partial charge in [-0.1, -0.05) is 6.07 Å². The van der Waals surface area contributed by atoms with Gasteiger partial charge in [0.25, 0.3) is 0 Å². The number of rotatable bonds is 2. The van der Waals surface area contributed by atoms with Gasteiger partial charge in [0.05, 0.1) is 0 Å². The van der Waals surface area contributed by atoms with Gasteiger partial charge in [-0.2, -0.15) is 0 Å². The molecule has 1 fully saturated rings. The molecule has 0 radical (unpaired) electrons. The molecule has 2 aromatic rings. The lowest BCUT2D eigenvalue weighted by Gasteiger charge is -2.31. The van der Waals surface area contributed by atoms with Crippen molar-refractivity contribution in [2.45, 2.75) is 19.4 Å². The third-order valence-electron chi connectivity index (χ3n) is 3.90. The molecule has 3 rings (SSSR count). The lowest BCUT2D eigenvalue weighted by atomic mass is 10.1. The molecule has 18 heavy (non-hydrogen) atoms. The van der Waals surface area contributed by atoms with Crippen LogP contribution in [0, 0.1) is 6.92 Å². The summed E-state index contributed by atoms with van der Waals surface area (Å²) >= 11 is 0. The average molecular weight is 243 g/mol. The minimum atomic E-state index is 0.570. The van der Waals surface area contributed by atoms with Crippen LogP contribution in [0.1, 0.15) is 11.3 Å². The quantitative estimate of drug-likeness (QED) is 0.866. The van der Waals surface area contributed by atoms with Gasteiger partial charge in [0, 0.05) is 49.5 Å². The molecule has 3 heteroatoms. The number of pyridine rings is 1. The second kappa shape index (κ2) is 4.75. The molecule has 3 heterocycles. The van der Waals surface area contributed by atoms with Crippen molar-refractivity contribution in [2.75, 3.05) is 26.7 Å². The van der Waals surface area contributed by atoms with Crippen molar-refractivity contribution < 1.29 is 0 Å². The zero-order valence-electron chi connectivity index (χ0n) is 11.2. The Labute approximate surface area is 108 Å². The Balaban J connectivity index is 1.87. The summed E-state index contributed by atoms with van der Waals surface area (Å²) in [5.74, 6) is 0. The number of hydrogen-bond donors (Lipinski definition) is 1. The van der Waals surface area contributed by atoms with Crippen LogP contribution in [-0.4, -0.2) is 42.0 Å². The summed E-state index contributed by atoms with van der Waals surface area (Å²) in [6, 6.07) is 9.24. The molecule has 0 amide bonds. The van der Waals surface area contributed by atoms with E-state index in [1.807, 2.05) is 0 Å². The van der Waals surface area contributed by atoms with Gasteiger partial charge >= 0.3 is 0 Å². The van der Waals surface area contributed by atoms with Crippen molar-refractivity contribution in [3.8, 4) is 0 Å². The molecule has 0 aromatic carbocycles. The van der Waals surface area contributed by atoms with Crippen LogP contribution in [0.5, 0.6) is 0 Å². The Morgan fingerprint density at radius 1 is 1.39 bits per heavy atom. The average Bonchev–Trinajstić information content (AvgIpc) is 2.66. The van der Waals surface area contributed by atoms with Crippen LogP contribution in [0.15, 0.2) is 30.5 Å². The van der Waals surface area contributed by atoms with Crippen molar-refractivity contribution in [3.63, 3.8) is 0 Å². The highest BCUT2D eigenvalue weighted by molar-refractivity contribution is 5.53. The Kier molecular flexibility index (Phi) is 3.10. The maximum absolute atomic E-state index is 3.62. The van der Waals surface area contributed by atoms with E-state index in [0.29, 0.717) is 6.04 Å². The zero-order chi connectivity index (χ0) is 12.5. The number of aromatic nitrogens is 1. The fourth-order valence-electron chi connectivity index (χ4n) is 2.94. The Morgan fingerprint density at radius 3 is 3.11 bits per heavy atom. The fraction of sp³-hybridized carbons (Fsp3) is 0.467. The third-order valence-corrected chi connectivity index (χ3v) is 3.90. The van der Waals surface area contributed by atoms with Gasteiger partial charge in [-0.3, -0.25) is 0 Å². The van der Waals surface area contributed by atoms with Gasteiger partial charge in [-0.05, 0) is 37.7 Å². The monoisotopic (exact) mass is 243 g/mol. The molecule has 1 aliphatic rings. The first kappa shape index (κ1) is 11.8. The molecule has 3 nitrogen and oxygen atoms in total. The summed E-state index contributed by atoms with van der Waals surface area (Å²) in [7, 11) is 2.21. The Bertz CT molecular complexity index is 544. The van der Waals surface area contributed by atoms with E-state index in [9.17, 15) is 0 Å². The van der Waals surface area contributed by atoms with Gasteiger partial charge in [-0.15, -0.1) is 0 Å². The van der Waals surface area contributed by atoms with Crippen LogP contribution >= 0.6 is 0 Å². The van der Waals surface area contributed by atoms with Gasteiger partial charge < -0.3 is 14.6 Å². The minimum Gasteiger partial charge on any atom is -0.321 e. The topological polar surface area (TPSA) is 19.7 Å². The molecule has 0 bridgehead atoms. The second-order valence-corrected chi connectivity index (χ2v) is 5.39. The van der Waals surface area contributed by atoms with Crippen molar-refractivity contribution in [2.24, 2.45) is 0 Å². The van der Waals surface area contributed by atoms with Crippen molar-refractivity contribution in [3.05, 3.63) is 41.7 Å². The molecule has 1 unspecified atom stereocenters. The zero-order valence-corrected chi connectivity index (χ0v) is 11.2. The Morgan fingerprint density at radius 2 is 2.28 bits per heavy atom. The SMILES string of the molecule is Cc1cc2ccccn2c1CC1CN(C)CCN1. The van der Waals surface area contributed by atoms with Gasteiger partial charge in [-0.25, -0.2) is 0 Å². The number of aryl methyl sites for hydroxylation is 1. The lowest BCUT2D eigenvalue weighted by Crippen LogP contribution is -2.50. The second-order valence-electron chi connectivity index (χ2n) is 5.39. The largest absolute Gasteiger partial charge is 0.321 e. The van der Waals surface area contributed by atoms with Crippen LogP contribution in [0.2, 0.25) is 0 Å². The summed E-state index contributed by atoms with van der Waals surface area (Å²) in [6.45, 7) is 5.61. The van der Waals surface area contributed by atoms with Crippen LogP contribution in [-0.2, 0) is 6.42 Å². The highest BCUT2D eigenvalue weighted by Gasteiger charge is 2.19. The number of nitrogens with one attached hydrogen (secondary N) is 1. The van der Waals surface area contributed by atoms with E-state index in [1.165, 1.54) is 16.8 Å². The molecule has 96 valence electrons. The first-order chi connectivity index (χ1) is 8.74. The third kappa shape index (κ3) is 2.16. The summed E-state index contributed by atoms with van der Waals surface area (Å²) in [6.07, 6.45) is 3.28. The van der Waals surface area contributed by atoms with Gasteiger partial charge in [0.2, 0.25) is 0 Å². The van der Waals surface area contributed by atoms with Crippen LogP contribution in [0.3, 0.4) is 0 Å². The van der Waals surface area contributed by atoms with Gasteiger partial charge in [0.15, 0.2) is 0 Å². The van der Waals surface area contributed by atoms with E-state index in [-0.39, 0.29) is 0 Å². The maximum Gasteiger partial charge on any atom is 0.0455 e. The minimum absolute atomic E-state index is 0.570. The summed E-state index contributed by atoms with van der Waals surface area (Å²) in [4.78, 5) is 2.41. The first-order valence-corrected chi connectivity index (χ1v) is 6.71. The summed E-state index contributed by atoms with van der Waals surface area (Å²) in [5.41, 5.74) is 4.14. The fourth-order valence-corrected chi connectivity index (χ4v) is 2.94. The maximum atomic E-state index is 3.62. The van der Waals surface area contributed by atoms with E-state index >= 15 is 0 Å². The first-order valence-electron chi connectivity index (χ1n) is 6.71. The standard InChI is InChI=1S/C15H21N3/c1-12-9-14-5-3-4-7-18(14)15(12)10-13-11-17(2)8-6-16-13/h3-5,7,9,13,16H,6,8,10-11H2,1-2H3. The van der Waals surface area contributed by atoms with Crippen LogP contribution in [0.4, 0.5) is 0 Å². The molecular weight excluding hydrogens is 222 g/mol. The van der Waals surface area contributed by atoms with Crippen molar-refractivity contribution in [1.82, 2.24) is 14.6 Å². The lowest BCUT2D eigenvalue weighted by molar-refractivity contribution is 0.237. The molecular formula is C15H21N3. The number of likely N-dealkylation sites (N-methyl/N-ethyl adjacent to an activating group) is 1. The summed E-state index contributed by atoms with van der Waals surface area (Å²) in [5, 5.41) is 3.62. The number of piperazine rings is 1. The smallest absolute Gasteiger partial charge is 0.0455 e. The van der Waals surface area contributed by atoms with Crippen molar-refractivity contribution in [1.29, 1.82) is 0 Å². The molecule has 1 aliphatic heterocycles. The summed E-state index contributed by atoms with van der Waals surface area (Å²) < 4.78 is 2.33. The van der Waals surface area contributed by atoms with Crippen LogP contribution < -0.4 is 5.32 Å². The molecule has 0 aliphatic carbocycles. The van der Waals surface area contributed by atoms with E-state index in [4.69, 9.17) is 0 Å². The molecule has 1 saturated heterocycles. The van der Waals surface area contributed by atoms with E-state index < -0.39 is 0 Å². The highest BCUT2D eigenvalue weighted by atomic mass is 15.2. The number of nitrogens with zero attached hydrogens (tertiary/aromatic N) is 2. The molecule has 2 aromatic heterocycles. The molecule has 0 spiro atoms. The predicted molar refractivity (Wildman–Crippen MR) is 75.1 cm³/mol. The molecule has 0 saturated carbocycles. The number of fused-ring (bicyclic) bond motifs is 1. The normalized spacial score (nSPS) is 21.6. The molecule has 1 atom stereocenters. The molecule has 1 N–H and O–H groups in total. The predicted octanol–water partition coefficient (Wildman–Crippen LogP) is 1.69. The Hall–Kier alpha value is -1.32. The van der Waals surface area contributed by atoms with Gasteiger partial charge in [0.1, 0.15) is 0 Å². The van der Waals surface area contributed by atoms with E-state index in [0.717, 1.165) is 26.1 Å².